The number of aromatic nitrogens is 3. The zero-order valence-corrected chi connectivity index (χ0v) is 12.5. The standard InChI is InChI=1S/C17H18N4O/c1-12-9-18-21(10-12)14-6-7-20(11-14)17(22)16-8-13-4-2-3-5-15(13)19-16/h2-5,8-10,14,19H,6-7,11H2,1H3. The molecule has 1 atom stereocenters. The topological polar surface area (TPSA) is 53.9 Å². The molecule has 1 saturated heterocycles. The van der Waals surface area contributed by atoms with Gasteiger partial charge in [-0.05, 0) is 31.0 Å². The monoisotopic (exact) mass is 294 g/mol. The van der Waals surface area contributed by atoms with Gasteiger partial charge >= 0.3 is 0 Å². The van der Waals surface area contributed by atoms with E-state index >= 15 is 0 Å². The summed E-state index contributed by atoms with van der Waals surface area (Å²) in [6.07, 6.45) is 4.86. The van der Waals surface area contributed by atoms with Crippen molar-refractivity contribution < 1.29 is 4.79 Å². The molecule has 2 aromatic heterocycles. The van der Waals surface area contributed by atoms with Gasteiger partial charge < -0.3 is 9.88 Å². The zero-order valence-electron chi connectivity index (χ0n) is 12.5. The molecule has 112 valence electrons. The first-order valence-electron chi connectivity index (χ1n) is 7.58. The molecule has 0 radical (unpaired) electrons. The molecule has 22 heavy (non-hydrogen) atoms. The number of nitrogens with one attached hydrogen (secondary N) is 1. The molecular formula is C17H18N4O. The molecule has 1 aromatic carbocycles. The molecule has 1 aliphatic rings. The van der Waals surface area contributed by atoms with E-state index in [1.54, 1.807) is 0 Å². The van der Waals surface area contributed by atoms with Gasteiger partial charge in [-0.25, -0.2) is 0 Å². The van der Waals surface area contributed by atoms with Crippen LogP contribution in [0.4, 0.5) is 0 Å². The quantitative estimate of drug-likeness (QED) is 0.790. The number of carbonyl (C=O) groups is 1. The molecule has 5 heteroatoms. The van der Waals surface area contributed by atoms with Gasteiger partial charge in [0.15, 0.2) is 0 Å². The summed E-state index contributed by atoms with van der Waals surface area (Å²) in [6.45, 7) is 3.53. The van der Waals surface area contributed by atoms with Gasteiger partial charge in [-0.1, -0.05) is 18.2 Å². The Morgan fingerprint density at radius 2 is 2.23 bits per heavy atom. The number of likely N-dealkylation sites (tertiary alicyclic amines) is 1. The fraction of sp³-hybridized carbons (Fsp3) is 0.294. The minimum Gasteiger partial charge on any atom is -0.351 e. The number of fused-ring (bicyclic) bond motifs is 1. The highest BCUT2D eigenvalue weighted by atomic mass is 16.2. The Bertz CT molecular complexity index is 799. The number of rotatable bonds is 2. The van der Waals surface area contributed by atoms with E-state index < -0.39 is 0 Å². The highest BCUT2D eigenvalue weighted by Crippen LogP contribution is 2.24. The molecule has 5 nitrogen and oxygen atoms in total. The van der Waals surface area contributed by atoms with Gasteiger partial charge in [0.1, 0.15) is 5.69 Å². The number of benzene rings is 1. The first-order valence-corrected chi connectivity index (χ1v) is 7.58. The van der Waals surface area contributed by atoms with Gasteiger partial charge in [-0.15, -0.1) is 0 Å². The molecule has 1 unspecified atom stereocenters. The van der Waals surface area contributed by atoms with Gasteiger partial charge in [0.25, 0.3) is 5.91 Å². The van der Waals surface area contributed by atoms with E-state index in [1.807, 2.05) is 59.2 Å². The fourth-order valence-corrected chi connectivity index (χ4v) is 3.13. The Morgan fingerprint density at radius 3 is 3.00 bits per heavy atom. The van der Waals surface area contributed by atoms with E-state index in [1.165, 1.54) is 0 Å². The molecule has 0 spiro atoms. The van der Waals surface area contributed by atoms with Crippen LogP contribution in [0.2, 0.25) is 0 Å². The summed E-state index contributed by atoms with van der Waals surface area (Å²) in [6, 6.07) is 10.2. The van der Waals surface area contributed by atoms with Gasteiger partial charge in [-0.2, -0.15) is 5.10 Å². The van der Waals surface area contributed by atoms with Crippen molar-refractivity contribution in [2.75, 3.05) is 13.1 Å². The molecule has 1 N–H and O–H groups in total. The number of H-pyrrole nitrogens is 1. The summed E-state index contributed by atoms with van der Waals surface area (Å²) >= 11 is 0. The number of aryl methyl sites for hydroxylation is 1. The number of hydrogen-bond acceptors (Lipinski definition) is 2. The van der Waals surface area contributed by atoms with Crippen molar-refractivity contribution in [2.45, 2.75) is 19.4 Å². The molecule has 4 rings (SSSR count). The predicted molar refractivity (Wildman–Crippen MR) is 84.8 cm³/mol. The SMILES string of the molecule is Cc1cnn(C2CCN(C(=O)c3cc4ccccc4[nH]3)C2)c1. The molecule has 1 amide bonds. The lowest BCUT2D eigenvalue weighted by atomic mass is 10.2. The maximum absolute atomic E-state index is 12.7. The molecular weight excluding hydrogens is 276 g/mol. The molecule has 1 fully saturated rings. The summed E-state index contributed by atoms with van der Waals surface area (Å²) in [7, 11) is 0. The van der Waals surface area contributed by atoms with Gasteiger partial charge in [0.05, 0.1) is 12.2 Å². The Balaban J connectivity index is 1.53. The lowest BCUT2D eigenvalue weighted by Crippen LogP contribution is -2.29. The summed E-state index contributed by atoms with van der Waals surface area (Å²) in [4.78, 5) is 17.8. The van der Waals surface area contributed by atoms with Crippen LogP contribution in [0.25, 0.3) is 10.9 Å². The molecule has 0 bridgehead atoms. The van der Waals surface area contributed by atoms with Crippen LogP contribution in [0.1, 0.15) is 28.5 Å². The van der Waals surface area contributed by atoms with Crippen molar-refractivity contribution in [3.05, 3.63) is 54.0 Å². The van der Waals surface area contributed by atoms with Crippen LogP contribution in [-0.4, -0.2) is 38.7 Å². The van der Waals surface area contributed by atoms with E-state index in [9.17, 15) is 4.79 Å². The lowest BCUT2D eigenvalue weighted by Gasteiger charge is -2.15. The number of aromatic amines is 1. The molecule has 3 heterocycles. The lowest BCUT2D eigenvalue weighted by molar-refractivity contribution is 0.0782. The van der Waals surface area contributed by atoms with Crippen molar-refractivity contribution in [3.63, 3.8) is 0 Å². The molecule has 1 aliphatic heterocycles. The van der Waals surface area contributed by atoms with E-state index in [-0.39, 0.29) is 11.9 Å². The van der Waals surface area contributed by atoms with E-state index in [2.05, 4.69) is 10.1 Å². The summed E-state index contributed by atoms with van der Waals surface area (Å²) in [5, 5.41) is 5.44. The average Bonchev–Trinajstić information content (AvgIpc) is 3.24. The first-order chi connectivity index (χ1) is 10.7. The third-order valence-electron chi connectivity index (χ3n) is 4.32. The third-order valence-corrected chi connectivity index (χ3v) is 4.32. The van der Waals surface area contributed by atoms with E-state index in [0.717, 1.165) is 36.0 Å². The van der Waals surface area contributed by atoms with Crippen LogP contribution in [0.5, 0.6) is 0 Å². The van der Waals surface area contributed by atoms with Gasteiger partial charge in [0.2, 0.25) is 0 Å². The van der Waals surface area contributed by atoms with Crippen LogP contribution >= 0.6 is 0 Å². The first kappa shape index (κ1) is 13.1. The normalized spacial score (nSPS) is 18.2. The summed E-state index contributed by atoms with van der Waals surface area (Å²) in [5.74, 6) is 0.0718. The number of nitrogens with zero attached hydrogens (tertiary/aromatic N) is 3. The van der Waals surface area contributed by atoms with Crippen LogP contribution < -0.4 is 0 Å². The van der Waals surface area contributed by atoms with Gasteiger partial charge in [0, 0.05) is 30.2 Å². The van der Waals surface area contributed by atoms with Gasteiger partial charge in [-0.3, -0.25) is 9.48 Å². The summed E-state index contributed by atoms with van der Waals surface area (Å²) < 4.78 is 1.98. The second-order valence-corrected chi connectivity index (χ2v) is 5.96. The highest BCUT2D eigenvalue weighted by molar-refractivity contribution is 5.98. The minimum atomic E-state index is 0.0718. The van der Waals surface area contributed by atoms with Crippen molar-refractivity contribution >= 4 is 16.8 Å². The maximum atomic E-state index is 12.7. The van der Waals surface area contributed by atoms with E-state index in [0.29, 0.717) is 5.69 Å². The fourth-order valence-electron chi connectivity index (χ4n) is 3.13. The average molecular weight is 294 g/mol. The molecule has 0 saturated carbocycles. The van der Waals surface area contributed by atoms with Crippen LogP contribution in [0, 0.1) is 6.92 Å². The Labute approximate surface area is 128 Å². The Kier molecular flexibility index (Phi) is 2.99. The Hall–Kier alpha value is -2.56. The van der Waals surface area contributed by atoms with Crippen molar-refractivity contribution in [2.24, 2.45) is 0 Å². The van der Waals surface area contributed by atoms with Crippen LogP contribution in [-0.2, 0) is 0 Å². The minimum absolute atomic E-state index is 0.0718. The largest absolute Gasteiger partial charge is 0.351 e. The van der Waals surface area contributed by atoms with Crippen LogP contribution in [0.15, 0.2) is 42.7 Å². The summed E-state index contributed by atoms with van der Waals surface area (Å²) in [5.41, 5.74) is 2.82. The molecule has 3 aromatic rings. The zero-order chi connectivity index (χ0) is 15.1. The van der Waals surface area contributed by atoms with Crippen molar-refractivity contribution in [1.29, 1.82) is 0 Å². The number of carbonyl (C=O) groups excluding carboxylic acids is 1. The second-order valence-electron chi connectivity index (χ2n) is 5.96. The van der Waals surface area contributed by atoms with Crippen LogP contribution in [0.3, 0.4) is 0 Å². The smallest absolute Gasteiger partial charge is 0.270 e. The van der Waals surface area contributed by atoms with E-state index in [4.69, 9.17) is 0 Å². The highest BCUT2D eigenvalue weighted by Gasteiger charge is 2.29. The number of amides is 1. The molecule has 0 aliphatic carbocycles. The number of para-hydroxylation sites is 1. The predicted octanol–water partition coefficient (Wildman–Crippen LogP) is 2.76. The van der Waals surface area contributed by atoms with Crippen molar-refractivity contribution in [1.82, 2.24) is 19.7 Å². The maximum Gasteiger partial charge on any atom is 0.270 e. The number of hydrogen-bond donors (Lipinski definition) is 1. The Morgan fingerprint density at radius 1 is 1.36 bits per heavy atom. The van der Waals surface area contributed by atoms with Crippen molar-refractivity contribution in [3.8, 4) is 0 Å². The third kappa shape index (κ3) is 2.19. The second kappa shape index (κ2) is 5.02.